The van der Waals surface area contributed by atoms with Crippen molar-refractivity contribution < 1.29 is 29.5 Å². The van der Waals surface area contributed by atoms with Gasteiger partial charge in [0.15, 0.2) is 0 Å². The number of imide groups is 1. The van der Waals surface area contributed by atoms with E-state index in [-0.39, 0.29) is 29.3 Å². The smallest absolute Gasteiger partial charge is 0.488 e. The van der Waals surface area contributed by atoms with Crippen LogP contribution in [0.1, 0.15) is 49.8 Å². The summed E-state index contributed by atoms with van der Waals surface area (Å²) in [5.74, 6) is -1.15. The van der Waals surface area contributed by atoms with E-state index in [9.17, 15) is 24.7 Å². The summed E-state index contributed by atoms with van der Waals surface area (Å²) < 4.78 is 6.24. The molecular formula is C30H34BNO6. The van der Waals surface area contributed by atoms with Crippen molar-refractivity contribution >= 4 is 36.2 Å². The lowest BCUT2D eigenvalue weighted by Gasteiger charge is -2.30. The van der Waals surface area contributed by atoms with Crippen molar-refractivity contribution in [3.05, 3.63) is 69.8 Å². The highest BCUT2D eigenvalue weighted by Crippen LogP contribution is 2.50. The Balaban J connectivity index is 1.32. The summed E-state index contributed by atoms with van der Waals surface area (Å²) in [6, 6.07) is 10.3. The molecule has 8 heteroatoms. The molecular weight excluding hydrogens is 481 g/mol. The van der Waals surface area contributed by atoms with Crippen LogP contribution in [0.15, 0.2) is 53.1 Å². The summed E-state index contributed by atoms with van der Waals surface area (Å²) in [5.41, 5.74) is 6.88. The van der Waals surface area contributed by atoms with Crippen molar-refractivity contribution in [1.82, 2.24) is 0 Å². The molecule has 7 nitrogen and oxygen atoms in total. The number of fused-ring (bicyclic) bond motifs is 3. The molecule has 2 aromatic carbocycles. The Morgan fingerprint density at radius 1 is 1.08 bits per heavy atom. The van der Waals surface area contributed by atoms with Gasteiger partial charge in [-0.3, -0.25) is 14.5 Å². The maximum absolute atomic E-state index is 13.6. The number of phenolic OH excluding ortho intramolecular Hbond substituents is 1. The molecule has 2 aliphatic heterocycles. The van der Waals surface area contributed by atoms with Gasteiger partial charge in [0, 0.05) is 5.92 Å². The van der Waals surface area contributed by atoms with Gasteiger partial charge in [0.2, 0.25) is 11.8 Å². The molecule has 38 heavy (non-hydrogen) atoms. The predicted octanol–water partition coefficient (Wildman–Crippen LogP) is 3.41. The minimum absolute atomic E-state index is 0.0857. The Bertz CT molecular complexity index is 1340. The monoisotopic (exact) mass is 515 g/mol. The van der Waals surface area contributed by atoms with E-state index in [4.69, 9.17) is 4.74 Å². The second kappa shape index (κ2) is 10.2. The first-order valence-corrected chi connectivity index (χ1v) is 13.2. The molecule has 2 amide bonds. The maximum Gasteiger partial charge on any atom is 0.488 e. The number of carbonyl (C=O) groups excluding carboxylic acids is 2. The van der Waals surface area contributed by atoms with Gasteiger partial charge >= 0.3 is 7.12 Å². The normalized spacial score (nSPS) is 25.2. The number of ether oxygens (including phenoxy) is 1. The van der Waals surface area contributed by atoms with Gasteiger partial charge in [-0.2, -0.15) is 0 Å². The van der Waals surface area contributed by atoms with Gasteiger partial charge < -0.3 is 19.9 Å². The first-order chi connectivity index (χ1) is 18.1. The summed E-state index contributed by atoms with van der Waals surface area (Å²) in [4.78, 5) is 28.2. The molecule has 4 atom stereocenters. The molecule has 2 aromatic rings. The van der Waals surface area contributed by atoms with E-state index in [0.717, 1.165) is 40.7 Å². The van der Waals surface area contributed by atoms with Crippen molar-refractivity contribution in [1.29, 1.82) is 0 Å². The third-order valence-electron chi connectivity index (χ3n) is 8.31. The van der Waals surface area contributed by atoms with E-state index < -0.39 is 19.0 Å². The Hall–Kier alpha value is -3.20. The summed E-state index contributed by atoms with van der Waals surface area (Å²) in [6.45, 7) is 8.36. The molecule has 1 aliphatic carbocycles. The second-order valence-electron chi connectivity index (χ2n) is 11.0. The molecule has 3 aliphatic rings. The van der Waals surface area contributed by atoms with E-state index >= 15 is 0 Å². The van der Waals surface area contributed by atoms with Crippen molar-refractivity contribution in [3.8, 4) is 5.75 Å². The Kier molecular flexibility index (Phi) is 7.07. The second-order valence-corrected chi connectivity index (χ2v) is 11.0. The number of phenols is 1. The number of nitrogens with zero attached hydrogens (tertiary/aromatic N) is 1. The molecule has 0 saturated carbocycles. The topological polar surface area (TPSA) is 107 Å². The predicted molar refractivity (Wildman–Crippen MR) is 147 cm³/mol. The summed E-state index contributed by atoms with van der Waals surface area (Å²) >= 11 is 0. The number of carbonyl (C=O) groups is 2. The van der Waals surface area contributed by atoms with Gasteiger partial charge in [-0.15, -0.1) is 0 Å². The number of benzene rings is 2. The number of anilines is 1. The molecule has 0 radical (unpaired) electrons. The van der Waals surface area contributed by atoms with Crippen LogP contribution in [-0.2, 0) is 14.3 Å². The third kappa shape index (κ3) is 4.61. The molecule has 3 N–H and O–H groups in total. The number of hydrogen-bond donors (Lipinski definition) is 3. The summed E-state index contributed by atoms with van der Waals surface area (Å²) in [6.07, 6.45) is 4.20. The molecule has 2 saturated heterocycles. The van der Waals surface area contributed by atoms with Crippen molar-refractivity contribution in [2.24, 2.45) is 17.8 Å². The molecule has 0 unspecified atom stereocenters. The summed E-state index contributed by atoms with van der Waals surface area (Å²) in [7, 11) is -1.68. The zero-order valence-electron chi connectivity index (χ0n) is 22.3. The van der Waals surface area contributed by atoms with Crippen LogP contribution in [0.4, 0.5) is 5.69 Å². The quantitative estimate of drug-likeness (QED) is 0.309. The van der Waals surface area contributed by atoms with Crippen molar-refractivity contribution in [3.63, 3.8) is 0 Å². The molecule has 2 fully saturated rings. The van der Waals surface area contributed by atoms with E-state index in [0.29, 0.717) is 24.5 Å². The van der Waals surface area contributed by atoms with Gasteiger partial charge in [-0.25, -0.2) is 0 Å². The van der Waals surface area contributed by atoms with E-state index in [1.54, 1.807) is 18.2 Å². The number of aromatic hydroxyl groups is 1. The molecule has 0 bridgehead atoms. The van der Waals surface area contributed by atoms with Crippen LogP contribution >= 0.6 is 0 Å². The fourth-order valence-electron chi connectivity index (χ4n) is 6.50. The minimum Gasteiger partial charge on any atom is -0.507 e. The van der Waals surface area contributed by atoms with Gasteiger partial charge in [0.25, 0.3) is 0 Å². The first-order valence-electron chi connectivity index (χ1n) is 13.2. The number of allylic oxidation sites excluding steroid dienone is 2. The molecule has 0 aromatic heterocycles. The molecule has 5 rings (SSSR count). The fraction of sp³-hybridized carbons (Fsp3) is 0.400. The highest BCUT2D eigenvalue weighted by molar-refractivity contribution is 6.58. The van der Waals surface area contributed by atoms with Crippen LogP contribution in [0.5, 0.6) is 5.75 Å². The standard InChI is InChI=1S/C30H34BNO6/c1-16(10-20-11-18(3)28(33)19(4)12-20)8-9-25-26-17(2)13-23-27(24(26)15-38-25)30(35)32(29(23)34)22-7-5-6-21(14-22)31(36)37/h5-7,10-12,14,23-25,27,33,36-37H,8-9,13,15H2,1-4H3/b16-10+/t23-,24+,25-,27-/m1/s1. The Labute approximate surface area is 223 Å². The lowest BCUT2D eigenvalue weighted by atomic mass is 9.70. The highest BCUT2D eigenvalue weighted by Gasteiger charge is 2.56. The zero-order valence-corrected chi connectivity index (χ0v) is 22.3. The van der Waals surface area contributed by atoms with Crippen LogP contribution < -0.4 is 10.4 Å². The minimum atomic E-state index is -1.68. The van der Waals surface area contributed by atoms with Crippen LogP contribution in [0.3, 0.4) is 0 Å². The van der Waals surface area contributed by atoms with Crippen molar-refractivity contribution in [2.45, 2.75) is 53.1 Å². The van der Waals surface area contributed by atoms with E-state index in [1.807, 2.05) is 32.9 Å². The Morgan fingerprint density at radius 3 is 2.47 bits per heavy atom. The largest absolute Gasteiger partial charge is 0.507 e. The number of amides is 2. The molecule has 0 spiro atoms. The van der Waals surface area contributed by atoms with Gasteiger partial charge in [0.1, 0.15) is 5.75 Å². The molecule has 2 heterocycles. The SMILES string of the molecule is CC1=C2[C@@H](CC/C(C)=C/c3cc(C)c(O)c(C)c3)OC[C@@H]2[C@@H]2C(=O)N(c3cccc(B(O)O)c3)C(=O)[C@@H]2C1. The van der Waals surface area contributed by atoms with E-state index in [1.165, 1.54) is 16.5 Å². The van der Waals surface area contributed by atoms with Crippen LogP contribution in [0, 0.1) is 31.6 Å². The number of hydrogen-bond acceptors (Lipinski definition) is 6. The fourth-order valence-corrected chi connectivity index (χ4v) is 6.50. The summed E-state index contributed by atoms with van der Waals surface area (Å²) in [5, 5.41) is 29.2. The zero-order chi connectivity index (χ0) is 27.3. The average Bonchev–Trinajstić information content (AvgIpc) is 3.40. The van der Waals surface area contributed by atoms with E-state index in [2.05, 4.69) is 13.0 Å². The molecule has 198 valence electrons. The van der Waals surface area contributed by atoms with Gasteiger partial charge in [-0.1, -0.05) is 29.4 Å². The first kappa shape index (κ1) is 26.4. The highest BCUT2D eigenvalue weighted by atomic mass is 16.5. The van der Waals surface area contributed by atoms with Gasteiger partial charge in [0.05, 0.1) is 30.2 Å². The average molecular weight is 515 g/mol. The number of aryl methyl sites for hydroxylation is 2. The lowest BCUT2D eigenvalue weighted by molar-refractivity contribution is -0.122. The lowest BCUT2D eigenvalue weighted by Crippen LogP contribution is -2.35. The number of rotatable bonds is 6. The van der Waals surface area contributed by atoms with Crippen LogP contribution in [0.2, 0.25) is 0 Å². The third-order valence-corrected chi connectivity index (χ3v) is 8.31. The van der Waals surface area contributed by atoms with Crippen LogP contribution in [0.25, 0.3) is 6.08 Å². The van der Waals surface area contributed by atoms with Crippen molar-refractivity contribution in [2.75, 3.05) is 11.5 Å². The van der Waals surface area contributed by atoms with Crippen LogP contribution in [-0.4, -0.2) is 46.8 Å². The Morgan fingerprint density at radius 2 is 1.79 bits per heavy atom. The van der Waals surface area contributed by atoms with Gasteiger partial charge in [-0.05, 0) is 98.9 Å². The maximum atomic E-state index is 13.6.